The number of aliphatic carboxylic acids is 1. The van der Waals surface area contributed by atoms with E-state index in [0.717, 1.165) is 0 Å². The second-order valence-electron chi connectivity index (χ2n) is 4.96. The molecule has 0 unspecified atom stereocenters. The number of carbonyl (C=O) groups is 2. The van der Waals surface area contributed by atoms with Gasteiger partial charge in [-0.05, 0) is 12.8 Å². The number of carbonyl (C=O) groups excluding carboxylic acids is 1. The van der Waals surface area contributed by atoms with Crippen molar-refractivity contribution in [3.63, 3.8) is 0 Å². The van der Waals surface area contributed by atoms with Crippen LogP contribution in [0, 0.1) is 5.41 Å². The number of carboxylic acid groups (broad SMARTS) is 1. The monoisotopic (exact) mass is 305 g/mol. The summed E-state index contributed by atoms with van der Waals surface area (Å²) in [6.07, 6.45) is 1.03. The standard InChI is InChI=1S/C12H19NO6S/c1-2-5-19-11(16)13-9-12(8-10(14)15)3-6-20(17,18)7-4-12/h2H,1,3-9H2,(H,13,16)(H,14,15). The molecule has 1 aliphatic heterocycles. The van der Waals surface area contributed by atoms with Crippen molar-refractivity contribution in [1.82, 2.24) is 5.32 Å². The van der Waals surface area contributed by atoms with Crippen LogP contribution in [0.2, 0.25) is 0 Å². The van der Waals surface area contributed by atoms with Crippen molar-refractivity contribution in [3.8, 4) is 0 Å². The fourth-order valence-electron chi connectivity index (χ4n) is 2.15. The Labute approximate surface area is 117 Å². The molecular formula is C12H19NO6S. The van der Waals surface area contributed by atoms with Gasteiger partial charge in [0.05, 0.1) is 17.9 Å². The van der Waals surface area contributed by atoms with E-state index in [0.29, 0.717) is 0 Å². The molecule has 0 saturated carbocycles. The van der Waals surface area contributed by atoms with E-state index >= 15 is 0 Å². The Hall–Kier alpha value is -1.57. The van der Waals surface area contributed by atoms with Crippen LogP contribution in [0.5, 0.6) is 0 Å². The Bertz CT molecular complexity index is 470. The molecule has 0 radical (unpaired) electrons. The van der Waals surface area contributed by atoms with Gasteiger partial charge in [-0.15, -0.1) is 0 Å². The fourth-order valence-corrected chi connectivity index (χ4v) is 3.85. The van der Waals surface area contributed by atoms with Gasteiger partial charge in [0.15, 0.2) is 0 Å². The molecule has 2 N–H and O–H groups in total. The second kappa shape index (κ2) is 6.74. The molecule has 0 aliphatic carbocycles. The van der Waals surface area contributed by atoms with Gasteiger partial charge in [0, 0.05) is 12.0 Å². The smallest absolute Gasteiger partial charge is 0.407 e. The number of carboxylic acids is 1. The van der Waals surface area contributed by atoms with Crippen molar-refractivity contribution < 1.29 is 27.9 Å². The topological polar surface area (TPSA) is 110 Å². The van der Waals surface area contributed by atoms with Gasteiger partial charge in [0.2, 0.25) is 0 Å². The first-order valence-electron chi connectivity index (χ1n) is 6.22. The minimum atomic E-state index is -3.09. The van der Waals surface area contributed by atoms with Gasteiger partial charge in [-0.25, -0.2) is 13.2 Å². The van der Waals surface area contributed by atoms with Gasteiger partial charge in [0.25, 0.3) is 0 Å². The summed E-state index contributed by atoms with van der Waals surface area (Å²) in [4.78, 5) is 22.3. The van der Waals surface area contributed by atoms with Crippen LogP contribution in [0.4, 0.5) is 4.79 Å². The molecular weight excluding hydrogens is 286 g/mol. The highest BCUT2D eigenvalue weighted by molar-refractivity contribution is 7.91. The average molecular weight is 305 g/mol. The van der Waals surface area contributed by atoms with Gasteiger partial charge < -0.3 is 15.2 Å². The van der Waals surface area contributed by atoms with E-state index in [1.165, 1.54) is 6.08 Å². The van der Waals surface area contributed by atoms with Crippen LogP contribution in [0.25, 0.3) is 0 Å². The first-order chi connectivity index (χ1) is 9.29. The molecule has 1 heterocycles. The first kappa shape index (κ1) is 16.5. The van der Waals surface area contributed by atoms with Crippen LogP contribution >= 0.6 is 0 Å². The number of hydrogen-bond acceptors (Lipinski definition) is 5. The third-order valence-corrected chi connectivity index (χ3v) is 5.01. The average Bonchev–Trinajstić information content (AvgIpc) is 2.37. The van der Waals surface area contributed by atoms with Crippen LogP contribution in [-0.4, -0.2) is 50.2 Å². The number of rotatable bonds is 6. The number of alkyl carbamates (subject to hydrolysis) is 1. The summed E-state index contributed by atoms with van der Waals surface area (Å²) in [6.45, 7) is 3.55. The maximum absolute atomic E-state index is 11.4. The van der Waals surface area contributed by atoms with Gasteiger partial charge in [-0.1, -0.05) is 12.7 Å². The summed E-state index contributed by atoms with van der Waals surface area (Å²) in [5, 5.41) is 11.5. The van der Waals surface area contributed by atoms with Crippen molar-refractivity contribution in [2.24, 2.45) is 5.41 Å². The van der Waals surface area contributed by atoms with Crippen molar-refractivity contribution in [2.75, 3.05) is 24.7 Å². The van der Waals surface area contributed by atoms with Gasteiger partial charge >= 0.3 is 12.1 Å². The Morgan fingerprint density at radius 2 is 1.95 bits per heavy atom. The molecule has 7 nitrogen and oxygen atoms in total. The lowest BCUT2D eigenvalue weighted by atomic mass is 9.78. The third kappa shape index (κ3) is 5.20. The molecule has 0 spiro atoms. The van der Waals surface area contributed by atoms with Crippen molar-refractivity contribution in [2.45, 2.75) is 19.3 Å². The third-order valence-electron chi connectivity index (χ3n) is 3.35. The lowest BCUT2D eigenvalue weighted by Gasteiger charge is -2.35. The fraction of sp³-hybridized carbons (Fsp3) is 0.667. The second-order valence-corrected chi connectivity index (χ2v) is 7.27. The summed E-state index contributed by atoms with van der Waals surface area (Å²) in [7, 11) is -3.09. The van der Waals surface area contributed by atoms with E-state index in [1.54, 1.807) is 0 Å². The van der Waals surface area contributed by atoms with Crippen molar-refractivity contribution in [3.05, 3.63) is 12.7 Å². The summed E-state index contributed by atoms with van der Waals surface area (Å²) in [6, 6.07) is 0. The minimum Gasteiger partial charge on any atom is -0.481 e. The Kier molecular flexibility index (Phi) is 5.55. The van der Waals surface area contributed by atoms with Crippen LogP contribution in [0.15, 0.2) is 12.7 Å². The zero-order valence-electron chi connectivity index (χ0n) is 11.1. The molecule has 20 heavy (non-hydrogen) atoms. The first-order valence-corrected chi connectivity index (χ1v) is 8.04. The highest BCUT2D eigenvalue weighted by atomic mass is 32.2. The molecule has 0 aromatic carbocycles. The maximum atomic E-state index is 11.4. The molecule has 114 valence electrons. The van der Waals surface area contributed by atoms with Gasteiger partial charge in [0.1, 0.15) is 16.4 Å². The Morgan fingerprint density at radius 1 is 1.35 bits per heavy atom. The van der Waals surface area contributed by atoms with Crippen LogP contribution in [0.3, 0.4) is 0 Å². The van der Waals surface area contributed by atoms with E-state index in [4.69, 9.17) is 9.84 Å². The molecule has 0 bridgehead atoms. The van der Waals surface area contributed by atoms with Crippen LogP contribution in [-0.2, 0) is 19.4 Å². The molecule has 0 atom stereocenters. The van der Waals surface area contributed by atoms with E-state index in [-0.39, 0.29) is 43.9 Å². The molecule has 0 aromatic heterocycles. The normalized spacial score (nSPS) is 19.8. The Balaban J connectivity index is 2.63. The van der Waals surface area contributed by atoms with E-state index in [9.17, 15) is 18.0 Å². The van der Waals surface area contributed by atoms with E-state index in [1.807, 2.05) is 0 Å². The molecule has 1 amide bonds. The molecule has 1 saturated heterocycles. The van der Waals surface area contributed by atoms with E-state index in [2.05, 4.69) is 11.9 Å². The number of nitrogens with one attached hydrogen (secondary N) is 1. The lowest BCUT2D eigenvalue weighted by molar-refractivity contribution is -0.139. The van der Waals surface area contributed by atoms with Crippen LogP contribution in [0.1, 0.15) is 19.3 Å². The number of ether oxygens (including phenoxy) is 1. The van der Waals surface area contributed by atoms with Crippen molar-refractivity contribution >= 4 is 21.9 Å². The zero-order valence-corrected chi connectivity index (χ0v) is 11.9. The maximum Gasteiger partial charge on any atom is 0.407 e. The predicted octanol–water partition coefficient (Wildman–Crippen LogP) is 0.568. The number of sulfone groups is 1. The summed E-state index contributed by atoms with van der Waals surface area (Å²) in [5.41, 5.74) is -0.732. The van der Waals surface area contributed by atoms with E-state index < -0.39 is 27.3 Å². The summed E-state index contributed by atoms with van der Waals surface area (Å²) >= 11 is 0. The minimum absolute atomic E-state index is 0.0519. The highest BCUT2D eigenvalue weighted by Gasteiger charge is 2.39. The SMILES string of the molecule is C=CCOC(=O)NCC1(CC(=O)O)CCS(=O)(=O)CC1. The Morgan fingerprint density at radius 3 is 2.45 bits per heavy atom. The van der Waals surface area contributed by atoms with Crippen LogP contribution < -0.4 is 5.32 Å². The highest BCUT2D eigenvalue weighted by Crippen LogP contribution is 2.35. The zero-order chi connectivity index (χ0) is 15.2. The molecule has 8 heteroatoms. The summed E-state index contributed by atoms with van der Waals surface area (Å²) in [5.74, 6) is -1.11. The number of hydrogen-bond donors (Lipinski definition) is 2. The van der Waals surface area contributed by atoms with Gasteiger partial charge in [-0.2, -0.15) is 0 Å². The quantitative estimate of drug-likeness (QED) is 0.694. The molecule has 1 fully saturated rings. The number of amides is 1. The molecule has 1 aliphatic rings. The van der Waals surface area contributed by atoms with Gasteiger partial charge in [-0.3, -0.25) is 4.79 Å². The lowest BCUT2D eigenvalue weighted by Crippen LogP contribution is -2.44. The molecule has 1 rings (SSSR count). The summed E-state index contributed by atoms with van der Waals surface area (Å²) < 4.78 is 27.6. The molecule has 0 aromatic rings. The predicted molar refractivity (Wildman–Crippen MR) is 72.1 cm³/mol. The largest absolute Gasteiger partial charge is 0.481 e. The van der Waals surface area contributed by atoms with Crippen molar-refractivity contribution in [1.29, 1.82) is 0 Å².